The van der Waals surface area contributed by atoms with Gasteiger partial charge < -0.3 is 9.53 Å². The summed E-state index contributed by atoms with van der Waals surface area (Å²) in [5.74, 6) is -0.879. The minimum absolute atomic E-state index is 0.188. The Morgan fingerprint density at radius 1 is 0.537 bits per heavy atom. The average molecular weight is 577 g/mol. The fraction of sp³-hybridized carbons (Fsp3) is 0.865. The predicted octanol–water partition coefficient (Wildman–Crippen LogP) is 11.8. The normalized spacial score (nSPS) is 12.1. The molecule has 0 N–H and O–H groups in total. The first-order valence-electron chi connectivity index (χ1n) is 17.9. The van der Waals surface area contributed by atoms with Crippen LogP contribution in [0.15, 0.2) is 12.2 Å². The van der Waals surface area contributed by atoms with Gasteiger partial charge in [-0.25, -0.2) is 0 Å². The standard InChI is InChI=1S/C37H68O4/c1-3-4-5-6-7-8-9-10-11-15-18-21-24-27-30-33-36(39)41-37(40)35(2)32-29-26-23-20-17-14-12-13-16-19-22-25-28-31-34-38/h10-11,34-35H,3-9,12-33H2,1-2H3. The third-order valence-electron chi connectivity index (χ3n) is 8.22. The zero-order valence-electron chi connectivity index (χ0n) is 27.4. The molecule has 0 aliphatic rings. The molecule has 41 heavy (non-hydrogen) atoms. The highest BCUT2D eigenvalue weighted by Gasteiger charge is 2.17. The monoisotopic (exact) mass is 577 g/mol. The number of aldehydes is 1. The highest BCUT2D eigenvalue weighted by atomic mass is 16.6. The van der Waals surface area contributed by atoms with Gasteiger partial charge in [-0.05, 0) is 44.9 Å². The maximum absolute atomic E-state index is 12.2. The van der Waals surface area contributed by atoms with E-state index >= 15 is 0 Å². The van der Waals surface area contributed by atoms with E-state index in [1.807, 2.05) is 6.92 Å². The van der Waals surface area contributed by atoms with Crippen LogP contribution in [-0.4, -0.2) is 18.2 Å². The van der Waals surface area contributed by atoms with Crippen LogP contribution in [0.3, 0.4) is 0 Å². The Morgan fingerprint density at radius 2 is 0.927 bits per heavy atom. The summed E-state index contributed by atoms with van der Waals surface area (Å²) in [7, 11) is 0. The molecular formula is C37H68O4. The Bertz CT molecular complexity index is 612. The molecule has 1 atom stereocenters. The Kier molecular flexibility index (Phi) is 31.9. The van der Waals surface area contributed by atoms with Gasteiger partial charge in [0.15, 0.2) is 0 Å². The van der Waals surface area contributed by atoms with Crippen molar-refractivity contribution < 1.29 is 19.1 Å². The minimum atomic E-state index is -0.350. The number of esters is 2. The molecule has 0 aromatic carbocycles. The predicted molar refractivity (Wildman–Crippen MR) is 175 cm³/mol. The summed E-state index contributed by atoms with van der Waals surface area (Å²) in [6, 6.07) is 0. The first-order chi connectivity index (χ1) is 20.1. The topological polar surface area (TPSA) is 60.4 Å². The lowest BCUT2D eigenvalue weighted by atomic mass is 10.0. The molecule has 0 aromatic heterocycles. The van der Waals surface area contributed by atoms with E-state index in [4.69, 9.17) is 4.74 Å². The first kappa shape index (κ1) is 39.5. The van der Waals surface area contributed by atoms with Crippen LogP contribution in [0.1, 0.15) is 200 Å². The Balaban J connectivity index is 3.45. The van der Waals surface area contributed by atoms with Gasteiger partial charge in [0.1, 0.15) is 6.29 Å². The van der Waals surface area contributed by atoms with E-state index in [0.717, 1.165) is 64.1 Å². The minimum Gasteiger partial charge on any atom is -0.393 e. The van der Waals surface area contributed by atoms with E-state index in [-0.39, 0.29) is 17.9 Å². The highest BCUT2D eigenvalue weighted by molar-refractivity contribution is 5.86. The number of carbonyl (C=O) groups is 3. The maximum Gasteiger partial charge on any atom is 0.316 e. The van der Waals surface area contributed by atoms with E-state index in [1.165, 1.54) is 122 Å². The van der Waals surface area contributed by atoms with E-state index in [9.17, 15) is 14.4 Å². The van der Waals surface area contributed by atoms with Crippen LogP contribution in [-0.2, 0) is 19.1 Å². The summed E-state index contributed by atoms with van der Waals surface area (Å²) < 4.78 is 5.11. The molecule has 0 rings (SSSR count). The van der Waals surface area contributed by atoms with Crippen molar-refractivity contribution in [2.75, 3.05) is 0 Å². The molecule has 4 nitrogen and oxygen atoms in total. The SMILES string of the molecule is CCCCCCCCC=CCCCCCCCC(=O)OC(=O)C(C)CCCCCCCCCCCCCCCC=O. The summed E-state index contributed by atoms with van der Waals surface area (Å²) in [6.07, 6.45) is 39.7. The van der Waals surface area contributed by atoms with Crippen molar-refractivity contribution in [3.8, 4) is 0 Å². The summed E-state index contributed by atoms with van der Waals surface area (Å²) >= 11 is 0. The number of rotatable bonds is 32. The second kappa shape index (κ2) is 33.1. The molecule has 0 radical (unpaired) electrons. The number of carbonyl (C=O) groups excluding carboxylic acids is 3. The molecule has 0 saturated heterocycles. The van der Waals surface area contributed by atoms with E-state index in [0.29, 0.717) is 6.42 Å². The van der Waals surface area contributed by atoms with Gasteiger partial charge in [0.25, 0.3) is 0 Å². The van der Waals surface area contributed by atoms with Crippen LogP contribution < -0.4 is 0 Å². The quantitative estimate of drug-likeness (QED) is 0.0263. The smallest absolute Gasteiger partial charge is 0.316 e. The van der Waals surface area contributed by atoms with Gasteiger partial charge in [-0.2, -0.15) is 0 Å². The molecule has 240 valence electrons. The summed E-state index contributed by atoms with van der Waals surface area (Å²) in [4.78, 5) is 34.6. The second-order valence-corrected chi connectivity index (χ2v) is 12.4. The Hall–Kier alpha value is -1.45. The van der Waals surface area contributed by atoms with Crippen molar-refractivity contribution in [2.24, 2.45) is 5.92 Å². The average Bonchev–Trinajstić information content (AvgIpc) is 2.96. The highest BCUT2D eigenvalue weighted by Crippen LogP contribution is 2.16. The second-order valence-electron chi connectivity index (χ2n) is 12.4. The third kappa shape index (κ3) is 31.3. The molecule has 0 heterocycles. The lowest BCUT2D eigenvalue weighted by molar-refractivity contribution is -0.162. The number of hydrogen-bond acceptors (Lipinski definition) is 4. The van der Waals surface area contributed by atoms with Crippen molar-refractivity contribution in [2.45, 2.75) is 200 Å². The largest absolute Gasteiger partial charge is 0.393 e. The molecule has 0 aliphatic carbocycles. The number of allylic oxidation sites excluding steroid dienone is 2. The maximum atomic E-state index is 12.2. The molecule has 0 amide bonds. The van der Waals surface area contributed by atoms with Crippen LogP contribution in [0.4, 0.5) is 0 Å². The van der Waals surface area contributed by atoms with Crippen LogP contribution in [0.2, 0.25) is 0 Å². The lowest BCUT2D eigenvalue weighted by Crippen LogP contribution is -2.19. The van der Waals surface area contributed by atoms with Crippen LogP contribution >= 0.6 is 0 Å². The van der Waals surface area contributed by atoms with Crippen molar-refractivity contribution in [1.29, 1.82) is 0 Å². The molecule has 1 unspecified atom stereocenters. The van der Waals surface area contributed by atoms with Crippen molar-refractivity contribution in [3.63, 3.8) is 0 Å². The zero-order chi connectivity index (χ0) is 30.1. The van der Waals surface area contributed by atoms with E-state index in [1.54, 1.807) is 0 Å². The molecule has 0 fully saturated rings. The fourth-order valence-electron chi connectivity index (χ4n) is 5.34. The van der Waals surface area contributed by atoms with Gasteiger partial charge in [-0.15, -0.1) is 0 Å². The third-order valence-corrected chi connectivity index (χ3v) is 8.22. The van der Waals surface area contributed by atoms with Gasteiger partial charge in [0.05, 0.1) is 5.92 Å². The molecular weight excluding hydrogens is 508 g/mol. The van der Waals surface area contributed by atoms with Crippen LogP contribution in [0.25, 0.3) is 0 Å². The molecule has 0 bridgehead atoms. The Morgan fingerprint density at radius 3 is 1.39 bits per heavy atom. The van der Waals surface area contributed by atoms with Gasteiger partial charge in [-0.1, -0.05) is 154 Å². The summed E-state index contributed by atoms with van der Waals surface area (Å²) in [5.41, 5.74) is 0. The number of hydrogen-bond donors (Lipinski definition) is 0. The van der Waals surface area contributed by atoms with E-state index < -0.39 is 0 Å². The van der Waals surface area contributed by atoms with E-state index in [2.05, 4.69) is 19.1 Å². The summed E-state index contributed by atoms with van der Waals surface area (Å²) in [6.45, 7) is 4.15. The molecule has 0 aromatic rings. The van der Waals surface area contributed by atoms with Crippen LogP contribution in [0.5, 0.6) is 0 Å². The zero-order valence-corrected chi connectivity index (χ0v) is 27.4. The van der Waals surface area contributed by atoms with Gasteiger partial charge in [0.2, 0.25) is 0 Å². The summed E-state index contributed by atoms with van der Waals surface area (Å²) in [5, 5.41) is 0. The van der Waals surface area contributed by atoms with Gasteiger partial charge in [0, 0.05) is 12.8 Å². The molecule has 0 saturated carbocycles. The van der Waals surface area contributed by atoms with Crippen molar-refractivity contribution >= 4 is 18.2 Å². The van der Waals surface area contributed by atoms with Crippen LogP contribution in [0, 0.1) is 5.92 Å². The van der Waals surface area contributed by atoms with Crippen molar-refractivity contribution in [1.82, 2.24) is 0 Å². The lowest BCUT2D eigenvalue weighted by Gasteiger charge is -2.10. The molecule has 0 aliphatic heterocycles. The first-order valence-corrected chi connectivity index (χ1v) is 17.9. The molecule has 4 heteroatoms. The number of unbranched alkanes of at least 4 members (excludes halogenated alkanes) is 24. The van der Waals surface area contributed by atoms with Gasteiger partial charge in [-0.3, -0.25) is 9.59 Å². The fourth-order valence-corrected chi connectivity index (χ4v) is 5.34. The van der Waals surface area contributed by atoms with Crippen molar-refractivity contribution in [3.05, 3.63) is 12.2 Å². The molecule has 0 spiro atoms. The van der Waals surface area contributed by atoms with Gasteiger partial charge >= 0.3 is 11.9 Å². The number of ether oxygens (including phenoxy) is 1. The Labute approximate surface area is 255 Å².